The van der Waals surface area contributed by atoms with Crippen LogP contribution >= 0.6 is 11.6 Å². The number of anilines is 2. The second-order valence-corrected chi connectivity index (χ2v) is 9.22. The lowest BCUT2D eigenvalue weighted by Crippen LogP contribution is -2.26. The zero-order valence-electron chi connectivity index (χ0n) is 16.8. The number of benzene rings is 3. The van der Waals surface area contributed by atoms with Crippen molar-refractivity contribution in [3.8, 4) is 0 Å². The molecule has 8 heteroatoms. The predicted octanol–water partition coefficient (Wildman–Crippen LogP) is 4.77. The topological polar surface area (TPSA) is 83.6 Å². The molecule has 31 heavy (non-hydrogen) atoms. The molecule has 0 aliphatic heterocycles. The van der Waals surface area contributed by atoms with Gasteiger partial charge in [0, 0.05) is 36.2 Å². The van der Waals surface area contributed by atoms with Crippen molar-refractivity contribution < 1.29 is 18.0 Å². The van der Waals surface area contributed by atoms with E-state index in [1.165, 1.54) is 23.5 Å². The smallest absolute Gasteiger partial charge is 0.264 e. The molecular weight excluding hydrogens is 436 g/mol. The van der Waals surface area contributed by atoms with Crippen molar-refractivity contribution in [2.24, 2.45) is 0 Å². The summed E-state index contributed by atoms with van der Waals surface area (Å²) in [5, 5.41) is 3.18. The van der Waals surface area contributed by atoms with Gasteiger partial charge in [0.1, 0.15) is 0 Å². The van der Waals surface area contributed by atoms with Gasteiger partial charge < -0.3 is 5.32 Å². The molecule has 0 bridgehead atoms. The van der Waals surface area contributed by atoms with Crippen molar-refractivity contribution in [3.63, 3.8) is 0 Å². The molecule has 160 valence electrons. The number of sulfonamides is 1. The largest absolute Gasteiger partial charge is 0.326 e. The Bertz CT molecular complexity index is 1180. The molecule has 0 radical (unpaired) electrons. The van der Waals surface area contributed by atoms with Gasteiger partial charge in [-0.1, -0.05) is 35.9 Å². The SMILES string of the molecule is CN(c1ccccc1)S(=O)(=O)c1cccc(NC(=O)CCC(=O)c2ccc(Cl)cc2)c1. The second-order valence-electron chi connectivity index (χ2n) is 6.81. The van der Waals surface area contributed by atoms with Crippen LogP contribution in [-0.4, -0.2) is 27.2 Å². The number of hydrogen-bond acceptors (Lipinski definition) is 4. The molecule has 0 aliphatic rings. The molecule has 0 saturated heterocycles. The van der Waals surface area contributed by atoms with E-state index in [4.69, 9.17) is 11.6 Å². The van der Waals surface area contributed by atoms with Crippen LogP contribution < -0.4 is 9.62 Å². The van der Waals surface area contributed by atoms with Gasteiger partial charge in [-0.25, -0.2) is 8.42 Å². The highest BCUT2D eigenvalue weighted by Crippen LogP contribution is 2.24. The van der Waals surface area contributed by atoms with Crippen LogP contribution in [0.1, 0.15) is 23.2 Å². The Hall–Kier alpha value is -3.16. The summed E-state index contributed by atoms with van der Waals surface area (Å²) < 4.78 is 27.0. The van der Waals surface area contributed by atoms with Crippen LogP contribution in [0.4, 0.5) is 11.4 Å². The molecule has 0 atom stereocenters. The van der Waals surface area contributed by atoms with E-state index in [1.54, 1.807) is 66.7 Å². The monoisotopic (exact) mass is 456 g/mol. The highest BCUT2D eigenvalue weighted by molar-refractivity contribution is 7.92. The zero-order chi connectivity index (χ0) is 22.4. The fraction of sp³-hybridized carbons (Fsp3) is 0.130. The summed E-state index contributed by atoms with van der Waals surface area (Å²) in [6.07, 6.45) is 0.00452. The van der Waals surface area contributed by atoms with Gasteiger partial charge in [0.2, 0.25) is 5.91 Å². The van der Waals surface area contributed by atoms with Gasteiger partial charge >= 0.3 is 0 Å². The van der Waals surface area contributed by atoms with Gasteiger partial charge in [-0.15, -0.1) is 0 Å². The first-order valence-corrected chi connectivity index (χ1v) is 11.3. The van der Waals surface area contributed by atoms with Crippen molar-refractivity contribution in [2.45, 2.75) is 17.7 Å². The molecule has 6 nitrogen and oxygen atoms in total. The van der Waals surface area contributed by atoms with Crippen molar-refractivity contribution in [2.75, 3.05) is 16.7 Å². The third-order valence-corrected chi connectivity index (χ3v) is 6.67. The molecule has 0 spiro atoms. The van der Waals surface area contributed by atoms with Crippen LogP contribution in [0.2, 0.25) is 5.02 Å². The van der Waals surface area contributed by atoms with Crippen molar-refractivity contribution in [1.29, 1.82) is 0 Å². The van der Waals surface area contributed by atoms with E-state index in [1.807, 2.05) is 0 Å². The van der Waals surface area contributed by atoms with E-state index in [2.05, 4.69) is 5.32 Å². The lowest BCUT2D eigenvalue weighted by atomic mass is 10.1. The predicted molar refractivity (Wildman–Crippen MR) is 122 cm³/mol. The van der Waals surface area contributed by atoms with E-state index < -0.39 is 10.0 Å². The number of nitrogens with zero attached hydrogens (tertiary/aromatic N) is 1. The third kappa shape index (κ3) is 5.71. The van der Waals surface area contributed by atoms with Gasteiger partial charge in [0.05, 0.1) is 10.6 Å². The lowest BCUT2D eigenvalue weighted by molar-refractivity contribution is -0.116. The van der Waals surface area contributed by atoms with Crippen LogP contribution in [-0.2, 0) is 14.8 Å². The van der Waals surface area contributed by atoms with Crippen LogP contribution in [0.15, 0.2) is 83.8 Å². The highest BCUT2D eigenvalue weighted by atomic mass is 35.5. The summed E-state index contributed by atoms with van der Waals surface area (Å²) >= 11 is 5.81. The number of carbonyl (C=O) groups excluding carboxylic acids is 2. The van der Waals surface area contributed by atoms with E-state index in [-0.39, 0.29) is 29.4 Å². The minimum absolute atomic E-state index is 0.0254. The number of para-hydroxylation sites is 1. The minimum atomic E-state index is -3.80. The maximum Gasteiger partial charge on any atom is 0.264 e. The molecule has 0 saturated carbocycles. The third-order valence-electron chi connectivity index (χ3n) is 4.64. The molecule has 3 aromatic carbocycles. The Morgan fingerprint density at radius 1 is 0.903 bits per heavy atom. The molecule has 0 fully saturated rings. The first-order chi connectivity index (χ1) is 14.8. The van der Waals surface area contributed by atoms with Crippen LogP contribution in [0.25, 0.3) is 0 Å². The van der Waals surface area contributed by atoms with Crippen LogP contribution in [0.5, 0.6) is 0 Å². The molecule has 0 aromatic heterocycles. The first kappa shape index (κ1) is 22.5. The summed E-state index contributed by atoms with van der Waals surface area (Å²) in [5.74, 6) is -0.555. The zero-order valence-corrected chi connectivity index (χ0v) is 18.4. The number of rotatable bonds is 8. The molecule has 0 aliphatic carbocycles. The molecule has 0 heterocycles. The average Bonchev–Trinajstić information content (AvgIpc) is 2.78. The Balaban J connectivity index is 1.65. The van der Waals surface area contributed by atoms with Crippen molar-refractivity contribution in [3.05, 3.63) is 89.4 Å². The summed E-state index contributed by atoms with van der Waals surface area (Å²) in [6.45, 7) is 0. The van der Waals surface area contributed by atoms with Gasteiger partial charge in [-0.2, -0.15) is 0 Å². The molecule has 1 amide bonds. The minimum Gasteiger partial charge on any atom is -0.326 e. The Morgan fingerprint density at radius 3 is 2.26 bits per heavy atom. The average molecular weight is 457 g/mol. The fourth-order valence-electron chi connectivity index (χ4n) is 2.90. The number of carbonyl (C=O) groups is 2. The Labute approximate surface area is 186 Å². The normalized spacial score (nSPS) is 11.0. The number of amides is 1. The summed E-state index contributed by atoms with van der Waals surface area (Å²) in [5.41, 5.74) is 1.35. The quantitative estimate of drug-likeness (QED) is 0.495. The van der Waals surface area contributed by atoms with E-state index >= 15 is 0 Å². The fourth-order valence-corrected chi connectivity index (χ4v) is 4.27. The number of hydrogen-bond donors (Lipinski definition) is 1. The van der Waals surface area contributed by atoms with Crippen molar-refractivity contribution >= 4 is 44.7 Å². The number of halogens is 1. The molecular formula is C23H21ClN2O4S. The maximum absolute atomic E-state index is 12.9. The molecule has 1 N–H and O–H groups in total. The van der Waals surface area contributed by atoms with E-state index in [9.17, 15) is 18.0 Å². The molecule has 3 aromatic rings. The van der Waals surface area contributed by atoms with Gasteiger partial charge in [0.25, 0.3) is 10.0 Å². The second kappa shape index (κ2) is 9.76. The van der Waals surface area contributed by atoms with E-state index in [0.29, 0.717) is 22.0 Å². The van der Waals surface area contributed by atoms with Gasteiger partial charge in [-0.05, 0) is 54.6 Å². The van der Waals surface area contributed by atoms with E-state index in [0.717, 1.165) is 0 Å². The Kier molecular flexibility index (Phi) is 7.09. The molecule has 3 rings (SSSR count). The van der Waals surface area contributed by atoms with Crippen LogP contribution in [0, 0.1) is 0 Å². The van der Waals surface area contributed by atoms with Crippen LogP contribution in [0.3, 0.4) is 0 Å². The van der Waals surface area contributed by atoms with Gasteiger partial charge in [0.15, 0.2) is 5.78 Å². The Morgan fingerprint density at radius 2 is 1.58 bits per heavy atom. The number of ketones is 1. The standard InChI is InChI=1S/C23H21ClN2O4S/c1-26(20-7-3-2-4-8-20)31(29,30)21-9-5-6-19(16-21)25-23(28)15-14-22(27)17-10-12-18(24)13-11-17/h2-13,16H,14-15H2,1H3,(H,25,28). The lowest BCUT2D eigenvalue weighted by Gasteiger charge is -2.19. The summed E-state index contributed by atoms with van der Waals surface area (Å²) in [4.78, 5) is 24.5. The molecule has 0 unspecified atom stereocenters. The maximum atomic E-state index is 12.9. The number of Topliss-reactive ketones (excluding diaryl/α,β-unsaturated/α-hetero) is 1. The van der Waals surface area contributed by atoms with Gasteiger partial charge in [-0.3, -0.25) is 13.9 Å². The summed E-state index contributed by atoms with van der Waals surface area (Å²) in [6, 6.07) is 21.2. The summed E-state index contributed by atoms with van der Waals surface area (Å²) in [7, 11) is -2.33. The van der Waals surface area contributed by atoms with Crippen molar-refractivity contribution in [1.82, 2.24) is 0 Å². The number of nitrogens with one attached hydrogen (secondary N) is 1. The first-order valence-electron chi connectivity index (χ1n) is 9.50. The highest BCUT2D eigenvalue weighted by Gasteiger charge is 2.21.